The van der Waals surface area contributed by atoms with Gasteiger partial charge in [0.15, 0.2) is 0 Å². The minimum Gasteiger partial charge on any atom is -0.398 e. The molecule has 1 aromatic carbocycles. The molecule has 1 saturated heterocycles. The SMILES string of the molecule is NC(=O)C1CCCN1C(=O)c1ccc(F)cc1N. The summed E-state index contributed by atoms with van der Waals surface area (Å²) in [6.45, 7) is 0.462. The van der Waals surface area contributed by atoms with Crippen LogP contribution in [0.3, 0.4) is 0 Å². The minimum absolute atomic E-state index is 0.0649. The van der Waals surface area contributed by atoms with Crippen LogP contribution in [0.25, 0.3) is 0 Å². The lowest BCUT2D eigenvalue weighted by molar-refractivity contribution is -0.121. The zero-order valence-corrected chi connectivity index (χ0v) is 9.73. The average molecular weight is 251 g/mol. The molecule has 0 aromatic heterocycles. The van der Waals surface area contributed by atoms with Gasteiger partial charge in [0.25, 0.3) is 5.91 Å². The monoisotopic (exact) mass is 251 g/mol. The molecule has 1 atom stereocenters. The molecule has 1 aliphatic heterocycles. The van der Waals surface area contributed by atoms with Crippen LogP contribution in [-0.4, -0.2) is 29.3 Å². The number of amides is 2. The molecule has 1 aliphatic rings. The molecule has 4 N–H and O–H groups in total. The van der Waals surface area contributed by atoms with Gasteiger partial charge >= 0.3 is 0 Å². The number of rotatable bonds is 2. The molecule has 2 rings (SSSR count). The number of nitrogens with two attached hydrogens (primary N) is 2. The Balaban J connectivity index is 2.28. The number of halogens is 1. The number of hydrogen-bond donors (Lipinski definition) is 2. The number of hydrogen-bond acceptors (Lipinski definition) is 3. The molecule has 0 bridgehead atoms. The maximum atomic E-state index is 12.9. The fourth-order valence-electron chi connectivity index (χ4n) is 2.19. The molecule has 18 heavy (non-hydrogen) atoms. The Morgan fingerprint density at radius 1 is 1.39 bits per heavy atom. The van der Waals surface area contributed by atoms with Gasteiger partial charge < -0.3 is 16.4 Å². The first kappa shape index (κ1) is 12.3. The first-order valence-corrected chi connectivity index (χ1v) is 5.66. The van der Waals surface area contributed by atoms with Crippen LogP contribution < -0.4 is 11.5 Å². The summed E-state index contributed by atoms with van der Waals surface area (Å²) in [5.41, 5.74) is 11.1. The van der Waals surface area contributed by atoms with Crippen LogP contribution in [-0.2, 0) is 4.79 Å². The van der Waals surface area contributed by atoms with Gasteiger partial charge in [-0.15, -0.1) is 0 Å². The van der Waals surface area contributed by atoms with Crippen LogP contribution in [0, 0.1) is 5.82 Å². The van der Waals surface area contributed by atoms with Crippen LogP contribution in [0.2, 0.25) is 0 Å². The van der Waals surface area contributed by atoms with Gasteiger partial charge in [0.1, 0.15) is 11.9 Å². The maximum Gasteiger partial charge on any atom is 0.256 e. The van der Waals surface area contributed by atoms with Crippen molar-refractivity contribution in [3.8, 4) is 0 Å². The van der Waals surface area contributed by atoms with Gasteiger partial charge in [0.05, 0.1) is 5.56 Å². The van der Waals surface area contributed by atoms with Crippen molar-refractivity contribution in [1.29, 1.82) is 0 Å². The van der Waals surface area contributed by atoms with E-state index in [9.17, 15) is 14.0 Å². The Kier molecular flexibility index (Phi) is 3.18. The van der Waals surface area contributed by atoms with Crippen molar-refractivity contribution in [2.75, 3.05) is 12.3 Å². The molecule has 0 saturated carbocycles. The first-order chi connectivity index (χ1) is 8.50. The third-order valence-electron chi connectivity index (χ3n) is 3.09. The van der Waals surface area contributed by atoms with Crippen molar-refractivity contribution >= 4 is 17.5 Å². The quantitative estimate of drug-likeness (QED) is 0.750. The van der Waals surface area contributed by atoms with Crippen molar-refractivity contribution in [2.45, 2.75) is 18.9 Å². The molecular formula is C12H14FN3O2. The third-order valence-corrected chi connectivity index (χ3v) is 3.09. The van der Waals surface area contributed by atoms with E-state index in [2.05, 4.69) is 0 Å². The van der Waals surface area contributed by atoms with Crippen LogP contribution in [0.1, 0.15) is 23.2 Å². The highest BCUT2D eigenvalue weighted by atomic mass is 19.1. The molecule has 5 nitrogen and oxygen atoms in total. The van der Waals surface area contributed by atoms with Gasteiger partial charge in [-0.2, -0.15) is 0 Å². The molecule has 1 aromatic rings. The second-order valence-corrected chi connectivity index (χ2v) is 4.29. The van der Waals surface area contributed by atoms with E-state index < -0.39 is 17.8 Å². The van der Waals surface area contributed by atoms with E-state index in [0.29, 0.717) is 13.0 Å². The lowest BCUT2D eigenvalue weighted by Crippen LogP contribution is -2.43. The molecule has 0 spiro atoms. The van der Waals surface area contributed by atoms with Crippen molar-refractivity contribution in [3.05, 3.63) is 29.6 Å². The zero-order chi connectivity index (χ0) is 13.3. The van der Waals surface area contributed by atoms with E-state index in [1.165, 1.54) is 17.0 Å². The highest BCUT2D eigenvalue weighted by Crippen LogP contribution is 2.22. The largest absolute Gasteiger partial charge is 0.398 e. The molecule has 0 aliphatic carbocycles. The molecule has 6 heteroatoms. The number of anilines is 1. The number of carbonyl (C=O) groups is 2. The van der Waals surface area contributed by atoms with Crippen molar-refractivity contribution in [2.24, 2.45) is 5.73 Å². The number of carbonyl (C=O) groups excluding carboxylic acids is 2. The highest BCUT2D eigenvalue weighted by Gasteiger charge is 2.33. The molecule has 2 amide bonds. The van der Waals surface area contributed by atoms with Crippen molar-refractivity contribution < 1.29 is 14.0 Å². The summed E-state index contributed by atoms with van der Waals surface area (Å²) in [4.78, 5) is 24.8. The van der Waals surface area contributed by atoms with E-state index in [-0.39, 0.29) is 17.2 Å². The van der Waals surface area contributed by atoms with Crippen molar-refractivity contribution in [1.82, 2.24) is 4.90 Å². The van der Waals surface area contributed by atoms with Gasteiger partial charge in [-0.05, 0) is 31.0 Å². The summed E-state index contributed by atoms with van der Waals surface area (Å²) < 4.78 is 12.9. The smallest absolute Gasteiger partial charge is 0.256 e. The van der Waals surface area contributed by atoms with Crippen LogP contribution in [0.5, 0.6) is 0 Å². The van der Waals surface area contributed by atoms with E-state index >= 15 is 0 Å². The fraction of sp³-hybridized carbons (Fsp3) is 0.333. The molecule has 96 valence electrons. The predicted octanol–water partition coefficient (Wildman–Crippen LogP) is 0.498. The summed E-state index contributed by atoms with van der Waals surface area (Å²) in [7, 11) is 0. The summed E-state index contributed by atoms with van der Waals surface area (Å²) in [5, 5.41) is 0. The third kappa shape index (κ3) is 2.13. The van der Waals surface area contributed by atoms with Crippen molar-refractivity contribution in [3.63, 3.8) is 0 Å². The van der Waals surface area contributed by atoms with Gasteiger partial charge in [-0.1, -0.05) is 0 Å². The highest BCUT2D eigenvalue weighted by molar-refractivity contribution is 6.01. The first-order valence-electron chi connectivity index (χ1n) is 5.66. The number of nitrogen functional groups attached to an aromatic ring is 1. The molecule has 1 heterocycles. The minimum atomic E-state index is -0.595. The summed E-state index contributed by atoms with van der Waals surface area (Å²) >= 11 is 0. The normalized spacial score (nSPS) is 18.9. The molecule has 0 radical (unpaired) electrons. The topological polar surface area (TPSA) is 89.4 Å². The summed E-state index contributed by atoms with van der Waals surface area (Å²) in [6.07, 6.45) is 1.28. The maximum absolute atomic E-state index is 12.9. The van der Waals surface area contributed by atoms with Gasteiger partial charge in [0, 0.05) is 12.2 Å². The standard InChI is InChI=1S/C12H14FN3O2/c13-7-3-4-8(9(14)6-7)12(18)16-5-1-2-10(16)11(15)17/h3-4,6,10H,1-2,5,14H2,(H2,15,17). The Labute approximate surface area is 104 Å². The fourth-order valence-corrected chi connectivity index (χ4v) is 2.19. The van der Waals surface area contributed by atoms with Crippen LogP contribution in [0.4, 0.5) is 10.1 Å². The second-order valence-electron chi connectivity index (χ2n) is 4.29. The summed E-state index contributed by atoms with van der Waals surface area (Å²) in [5.74, 6) is -1.41. The number of primary amides is 1. The lowest BCUT2D eigenvalue weighted by Gasteiger charge is -2.22. The number of benzene rings is 1. The zero-order valence-electron chi connectivity index (χ0n) is 9.73. The molecular weight excluding hydrogens is 237 g/mol. The Hall–Kier alpha value is -2.11. The average Bonchev–Trinajstić information content (AvgIpc) is 2.77. The second kappa shape index (κ2) is 4.64. The van der Waals surface area contributed by atoms with E-state index in [1.54, 1.807) is 0 Å². The van der Waals surface area contributed by atoms with Gasteiger partial charge in [-0.3, -0.25) is 9.59 Å². The Bertz CT molecular complexity index is 504. The van der Waals surface area contributed by atoms with Gasteiger partial charge in [0.2, 0.25) is 5.91 Å². The Morgan fingerprint density at radius 2 is 2.11 bits per heavy atom. The van der Waals surface area contributed by atoms with E-state index in [1.807, 2.05) is 0 Å². The number of nitrogens with zero attached hydrogens (tertiary/aromatic N) is 1. The lowest BCUT2D eigenvalue weighted by atomic mass is 10.1. The summed E-state index contributed by atoms with van der Waals surface area (Å²) in [6, 6.07) is 2.98. The van der Waals surface area contributed by atoms with E-state index in [4.69, 9.17) is 11.5 Å². The molecule has 1 unspecified atom stereocenters. The predicted molar refractivity (Wildman–Crippen MR) is 64.1 cm³/mol. The Morgan fingerprint density at radius 3 is 2.72 bits per heavy atom. The van der Waals surface area contributed by atoms with Crippen LogP contribution >= 0.6 is 0 Å². The van der Waals surface area contributed by atoms with Gasteiger partial charge in [-0.25, -0.2) is 4.39 Å². The van der Waals surface area contributed by atoms with Crippen LogP contribution in [0.15, 0.2) is 18.2 Å². The molecule has 1 fully saturated rings. The van der Waals surface area contributed by atoms with E-state index in [0.717, 1.165) is 12.5 Å². The number of likely N-dealkylation sites (tertiary alicyclic amines) is 1.